The predicted octanol–water partition coefficient (Wildman–Crippen LogP) is 9.33. The van der Waals surface area contributed by atoms with Crippen LogP contribution in [0.25, 0.3) is 71.2 Å². The smallest absolute Gasteiger partial charge is 0.333 e. The summed E-state index contributed by atoms with van der Waals surface area (Å²) in [6.45, 7) is 16.5. The van der Waals surface area contributed by atoms with Crippen molar-refractivity contribution in [1.82, 2.24) is 9.05 Å². The van der Waals surface area contributed by atoms with Gasteiger partial charge >= 0.3 is 6.85 Å². The third-order valence-electron chi connectivity index (χ3n) is 10.9. The Hall–Kier alpha value is -4.50. The van der Waals surface area contributed by atoms with Crippen molar-refractivity contribution in [1.29, 1.82) is 0 Å². The lowest BCUT2D eigenvalue weighted by atomic mass is 9.45. The van der Waals surface area contributed by atoms with Crippen LogP contribution >= 0.6 is 0 Å². The van der Waals surface area contributed by atoms with Gasteiger partial charge in [0.1, 0.15) is 0 Å². The summed E-state index contributed by atoms with van der Waals surface area (Å²) in [5.74, 6) is 0. The molecule has 2 aliphatic rings. The summed E-state index contributed by atoms with van der Waals surface area (Å²) < 4.78 is 5.30. The molecule has 0 N–H and O–H groups in total. The third-order valence-corrected chi connectivity index (χ3v) is 10.9. The highest BCUT2D eigenvalue weighted by molar-refractivity contribution is 6.90. The van der Waals surface area contributed by atoms with Gasteiger partial charge in [-0.25, -0.2) is 0 Å². The van der Waals surface area contributed by atoms with E-state index in [-0.39, 0.29) is 17.7 Å². The van der Waals surface area contributed by atoms with Crippen molar-refractivity contribution < 1.29 is 0 Å². The van der Waals surface area contributed by atoms with E-state index in [2.05, 4.69) is 142 Å². The Morgan fingerprint density at radius 1 is 0.614 bits per heavy atom. The topological polar surface area (TPSA) is 9.86 Å². The Labute approximate surface area is 258 Å². The maximum Gasteiger partial charge on any atom is 0.333 e. The number of hydrogen-bond donors (Lipinski definition) is 0. The van der Waals surface area contributed by atoms with Crippen LogP contribution in [0, 0.1) is 6.92 Å². The molecule has 0 unspecified atom stereocenters. The standard InChI is InChI=1S/C41H35BN2/c1-22-11-17-33-37-34(22)29-21-26(41(5,6)7)20-28-27-19-25(40(2,3)4)15-18-31(27)44(38(28)29)42(37)30-16-14-24-13-12-23-9-8-10-32-35(23)36(24)39(30)43(32)33/h8-21H,1-7H3. The molecule has 10 rings (SSSR count). The van der Waals surface area contributed by atoms with Crippen molar-refractivity contribution in [2.45, 2.75) is 59.3 Å². The van der Waals surface area contributed by atoms with E-state index in [4.69, 9.17) is 0 Å². The van der Waals surface area contributed by atoms with Crippen molar-refractivity contribution in [3.05, 3.63) is 102 Å². The van der Waals surface area contributed by atoms with Gasteiger partial charge in [0, 0.05) is 43.8 Å². The van der Waals surface area contributed by atoms with Gasteiger partial charge in [0.15, 0.2) is 0 Å². The first-order valence-corrected chi connectivity index (χ1v) is 16.1. The number of aromatic nitrogens is 2. The van der Waals surface area contributed by atoms with E-state index in [9.17, 15) is 0 Å². The molecule has 0 fully saturated rings. The molecular weight excluding hydrogens is 531 g/mol. The van der Waals surface area contributed by atoms with Gasteiger partial charge in [-0.3, -0.25) is 0 Å². The maximum atomic E-state index is 2.71. The monoisotopic (exact) mass is 566 g/mol. The lowest BCUT2D eigenvalue weighted by Crippen LogP contribution is -2.55. The van der Waals surface area contributed by atoms with Crippen LogP contribution in [0.4, 0.5) is 0 Å². The molecule has 0 amide bonds. The van der Waals surface area contributed by atoms with Gasteiger partial charge in [-0.15, -0.1) is 0 Å². The molecular formula is C41H35BN2. The zero-order chi connectivity index (χ0) is 30.0. The lowest BCUT2D eigenvalue weighted by molar-refractivity contribution is 0.590. The number of fused-ring (bicyclic) bond motifs is 8. The average molecular weight is 567 g/mol. The van der Waals surface area contributed by atoms with E-state index in [0.29, 0.717) is 0 Å². The summed E-state index contributed by atoms with van der Waals surface area (Å²) in [4.78, 5) is 0. The zero-order valence-corrected chi connectivity index (χ0v) is 26.6. The highest BCUT2D eigenvalue weighted by atomic mass is 15.0. The largest absolute Gasteiger partial charge is 0.375 e. The molecule has 4 heterocycles. The first-order valence-electron chi connectivity index (χ1n) is 16.1. The summed E-state index contributed by atoms with van der Waals surface area (Å²) >= 11 is 0. The molecule has 0 spiro atoms. The van der Waals surface area contributed by atoms with Crippen molar-refractivity contribution in [2.24, 2.45) is 0 Å². The number of hydrogen-bond acceptors (Lipinski definition) is 0. The Balaban J connectivity index is 1.47. The normalized spacial score (nSPS) is 14.2. The van der Waals surface area contributed by atoms with Crippen LogP contribution in [0.5, 0.6) is 0 Å². The van der Waals surface area contributed by atoms with Gasteiger partial charge in [-0.2, -0.15) is 0 Å². The molecule has 0 atom stereocenters. The second-order valence-electron chi connectivity index (χ2n) is 15.5. The van der Waals surface area contributed by atoms with Crippen molar-refractivity contribution >= 4 is 72.2 Å². The second-order valence-corrected chi connectivity index (χ2v) is 15.5. The zero-order valence-electron chi connectivity index (χ0n) is 26.6. The van der Waals surface area contributed by atoms with Crippen LogP contribution in [0.2, 0.25) is 0 Å². The van der Waals surface area contributed by atoms with Gasteiger partial charge < -0.3 is 9.05 Å². The van der Waals surface area contributed by atoms with E-state index in [1.54, 1.807) is 0 Å². The van der Waals surface area contributed by atoms with E-state index in [1.807, 2.05) is 0 Å². The molecule has 0 bridgehead atoms. The van der Waals surface area contributed by atoms with Crippen molar-refractivity contribution in [3.8, 4) is 16.8 Å². The van der Waals surface area contributed by atoms with Crippen molar-refractivity contribution in [2.75, 3.05) is 0 Å². The van der Waals surface area contributed by atoms with Crippen LogP contribution in [-0.4, -0.2) is 15.9 Å². The molecule has 0 saturated carbocycles. The fourth-order valence-electron chi connectivity index (χ4n) is 8.70. The van der Waals surface area contributed by atoms with Gasteiger partial charge in [0.2, 0.25) is 0 Å². The second kappa shape index (κ2) is 7.58. The molecule has 2 nitrogen and oxygen atoms in total. The molecule has 2 aliphatic heterocycles. The summed E-state index contributed by atoms with van der Waals surface area (Å²) in [6.07, 6.45) is 0. The van der Waals surface area contributed by atoms with Gasteiger partial charge in [0.25, 0.3) is 0 Å². The average Bonchev–Trinajstić information content (AvgIpc) is 3.51. The minimum atomic E-state index is 0.0325. The van der Waals surface area contributed by atoms with Crippen LogP contribution in [-0.2, 0) is 10.8 Å². The summed E-state index contributed by atoms with van der Waals surface area (Å²) in [5, 5.41) is 8.19. The number of benzene rings is 6. The number of rotatable bonds is 0. The third kappa shape index (κ3) is 2.80. The first kappa shape index (κ1) is 24.9. The Bertz CT molecular complexity index is 2580. The Morgan fingerprint density at radius 3 is 2.11 bits per heavy atom. The van der Waals surface area contributed by atoms with E-state index < -0.39 is 0 Å². The Morgan fingerprint density at radius 2 is 1.34 bits per heavy atom. The molecule has 2 aromatic heterocycles. The van der Waals surface area contributed by atoms with Crippen LogP contribution in [0.15, 0.2) is 84.9 Å². The fourth-order valence-corrected chi connectivity index (χ4v) is 8.70. The summed E-state index contributed by atoms with van der Waals surface area (Å²) in [7, 11) is 0. The molecule has 3 heteroatoms. The first-order chi connectivity index (χ1) is 21.0. The number of nitrogens with zero attached hydrogens (tertiary/aromatic N) is 2. The molecule has 212 valence electrons. The van der Waals surface area contributed by atoms with E-state index in [1.165, 1.54) is 98.8 Å². The molecule has 0 aliphatic carbocycles. The minimum Gasteiger partial charge on any atom is -0.375 e. The molecule has 6 aromatic carbocycles. The lowest BCUT2D eigenvalue weighted by Gasteiger charge is -2.35. The van der Waals surface area contributed by atoms with E-state index in [0.717, 1.165) is 0 Å². The van der Waals surface area contributed by atoms with Crippen LogP contribution in [0.1, 0.15) is 58.2 Å². The van der Waals surface area contributed by atoms with Gasteiger partial charge in [-0.05, 0) is 98.1 Å². The molecule has 44 heavy (non-hydrogen) atoms. The quantitative estimate of drug-likeness (QED) is 0.128. The summed E-state index contributed by atoms with van der Waals surface area (Å²) in [6, 6.07) is 33.3. The summed E-state index contributed by atoms with van der Waals surface area (Å²) in [5.41, 5.74) is 16.6. The Kier molecular flexibility index (Phi) is 4.29. The SMILES string of the molecule is Cc1ccc2c3c1-c1cc(C(C)(C)C)cc4c5cc(C(C)(C)C)ccc5n(c14)B3c1ccc3ccc4cccc5c4c3c1n5-2. The number of aryl methyl sites for hydroxylation is 1. The molecule has 8 aromatic rings. The van der Waals surface area contributed by atoms with Crippen molar-refractivity contribution in [3.63, 3.8) is 0 Å². The highest BCUT2D eigenvalue weighted by Gasteiger charge is 2.42. The van der Waals surface area contributed by atoms with Crippen LogP contribution < -0.4 is 10.9 Å². The minimum absolute atomic E-state index is 0.0325. The fraction of sp³-hybridized carbons (Fsp3) is 0.220. The maximum absolute atomic E-state index is 2.71. The van der Waals surface area contributed by atoms with Gasteiger partial charge in [-0.1, -0.05) is 90.1 Å². The predicted molar refractivity (Wildman–Crippen MR) is 190 cm³/mol. The molecule has 0 radical (unpaired) electrons. The molecule has 0 saturated heterocycles. The highest BCUT2D eigenvalue weighted by Crippen LogP contribution is 2.47. The van der Waals surface area contributed by atoms with Crippen LogP contribution in [0.3, 0.4) is 0 Å². The van der Waals surface area contributed by atoms with E-state index >= 15 is 0 Å². The van der Waals surface area contributed by atoms with Gasteiger partial charge in [0.05, 0.1) is 11.0 Å².